The van der Waals surface area contributed by atoms with Crippen LogP contribution < -0.4 is 4.90 Å². The lowest BCUT2D eigenvalue weighted by atomic mass is 9.97. The summed E-state index contributed by atoms with van der Waals surface area (Å²) in [6, 6.07) is 2.22. The average molecular weight is 385 g/mol. The molecule has 3 aromatic heterocycles. The van der Waals surface area contributed by atoms with Gasteiger partial charge in [-0.2, -0.15) is 0 Å². The molecule has 144 valence electrons. The highest BCUT2D eigenvalue weighted by Crippen LogP contribution is 2.34. The smallest absolute Gasteiger partial charge is 0.140 e. The summed E-state index contributed by atoms with van der Waals surface area (Å²) in [6.45, 7) is 6.31. The lowest BCUT2D eigenvalue weighted by Gasteiger charge is -2.33. The number of piperidine rings is 1. The molecule has 0 saturated carbocycles. The average Bonchev–Trinajstić information content (AvgIpc) is 3.26. The zero-order valence-electron chi connectivity index (χ0n) is 16.4. The van der Waals surface area contributed by atoms with E-state index in [2.05, 4.69) is 57.6 Å². The molecule has 0 bridgehead atoms. The van der Waals surface area contributed by atoms with Gasteiger partial charge in [0.2, 0.25) is 0 Å². The first-order valence-electron chi connectivity index (χ1n) is 9.73. The molecule has 0 aromatic carbocycles. The first-order chi connectivity index (χ1) is 13.1. The second kappa shape index (κ2) is 7.94. The van der Waals surface area contributed by atoms with Crippen molar-refractivity contribution in [1.82, 2.24) is 24.4 Å². The minimum atomic E-state index is 0.456. The van der Waals surface area contributed by atoms with Crippen LogP contribution in [0, 0.1) is 6.92 Å². The molecule has 1 atom stereocenters. The molecule has 0 spiro atoms. The fraction of sp³-hybridized carbons (Fsp3) is 0.550. The highest BCUT2D eigenvalue weighted by atomic mass is 32.1. The van der Waals surface area contributed by atoms with E-state index < -0.39 is 0 Å². The molecule has 1 aliphatic rings. The summed E-state index contributed by atoms with van der Waals surface area (Å²) < 4.78 is 2.35. The van der Waals surface area contributed by atoms with Gasteiger partial charge in [-0.05, 0) is 52.9 Å². The van der Waals surface area contributed by atoms with E-state index in [9.17, 15) is 0 Å². The van der Waals surface area contributed by atoms with Crippen molar-refractivity contribution in [1.29, 1.82) is 0 Å². The van der Waals surface area contributed by atoms with Crippen LogP contribution in [0.1, 0.15) is 35.9 Å². The first kappa shape index (κ1) is 18.4. The number of fused-ring (bicyclic) bond motifs is 1. The van der Waals surface area contributed by atoms with Gasteiger partial charge in [-0.1, -0.05) is 0 Å². The van der Waals surface area contributed by atoms with Crippen molar-refractivity contribution < 1.29 is 0 Å². The van der Waals surface area contributed by atoms with E-state index in [4.69, 9.17) is 4.98 Å². The Morgan fingerprint density at radius 1 is 1.26 bits per heavy atom. The minimum Gasteiger partial charge on any atom is -0.355 e. The van der Waals surface area contributed by atoms with Crippen LogP contribution in [-0.4, -0.2) is 58.1 Å². The van der Waals surface area contributed by atoms with Gasteiger partial charge in [0.1, 0.15) is 22.8 Å². The Hall–Kier alpha value is -1.99. The fourth-order valence-electron chi connectivity index (χ4n) is 4.02. The molecule has 1 fully saturated rings. The molecule has 0 N–H and O–H groups in total. The standard InChI is InChI=1S/C20H28N6S/c1-15-12-17-19(22-14-23-20(17)27-15)26-9-4-6-16(13-26)18-21-7-11-25(18)10-5-8-24(2)3/h7,11-12,14,16H,4-6,8-10,13H2,1-3H3/t16-/m1/s1. The lowest BCUT2D eigenvalue weighted by Crippen LogP contribution is -2.36. The van der Waals surface area contributed by atoms with Crippen molar-refractivity contribution in [3.05, 3.63) is 35.5 Å². The van der Waals surface area contributed by atoms with Crippen LogP contribution in [0.3, 0.4) is 0 Å². The van der Waals surface area contributed by atoms with Crippen LogP contribution in [0.4, 0.5) is 5.82 Å². The molecule has 3 aromatic rings. The van der Waals surface area contributed by atoms with E-state index in [1.54, 1.807) is 17.7 Å². The maximum Gasteiger partial charge on any atom is 0.140 e. The molecule has 0 aliphatic carbocycles. The number of thiophene rings is 1. The van der Waals surface area contributed by atoms with Crippen molar-refractivity contribution >= 4 is 27.4 Å². The summed E-state index contributed by atoms with van der Waals surface area (Å²) in [5.41, 5.74) is 0. The van der Waals surface area contributed by atoms with Crippen molar-refractivity contribution in [2.24, 2.45) is 0 Å². The van der Waals surface area contributed by atoms with Gasteiger partial charge in [-0.3, -0.25) is 0 Å². The highest BCUT2D eigenvalue weighted by molar-refractivity contribution is 7.18. The van der Waals surface area contributed by atoms with Gasteiger partial charge >= 0.3 is 0 Å². The van der Waals surface area contributed by atoms with Crippen LogP contribution in [-0.2, 0) is 6.54 Å². The van der Waals surface area contributed by atoms with E-state index >= 15 is 0 Å². The normalized spacial score (nSPS) is 17.9. The largest absolute Gasteiger partial charge is 0.355 e. The molecule has 1 aliphatic heterocycles. The summed E-state index contributed by atoms with van der Waals surface area (Å²) in [5, 5.41) is 1.19. The molecule has 0 amide bonds. The van der Waals surface area contributed by atoms with Crippen molar-refractivity contribution in [3.63, 3.8) is 0 Å². The van der Waals surface area contributed by atoms with E-state index in [0.717, 1.165) is 43.2 Å². The maximum absolute atomic E-state index is 4.72. The Labute approximate surface area is 164 Å². The topological polar surface area (TPSA) is 50.1 Å². The number of hydrogen-bond donors (Lipinski definition) is 0. The van der Waals surface area contributed by atoms with Gasteiger partial charge in [-0.15, -0.1) is 11.3 Å². The molecular formula is C20H28N6S. The fourth-order valence-corrected chi connectivity index (χ4v) is 4.86. The van der Waals surface area contributed by atoms with Crippen molar-refractivity contribution in [3.8, 4) is 0 Å². The predicted molar refractivity (Wildman–Crippen MR) is 112 cm³/mol. The summed E-state index contributed by atoms with van der Waals surface area (Å²) in [5.74, 6) is 2.77. The van der Waals surface area contributed by atoms with Gasteiger partial charge in [0, 0.05) is 42.8 Å². The Bertz CT molecular complexity index is 899. The summed E-state index contributed by atoms with van der Waals surface area (Å²) in [7, 11) is 4.25. The molecule has 0 radical (unpaired) electrons. The van der Waals surface area contributed by atoms with Crippen LogP contribution in [0.15, 0.2) is 24.8 Å². The third-order valence-electron chi connectivity index (χ3n) is 5.27. The Kier molecular flexibility index (Phi) is 5.41. The number of aryl methyl sites for hydroxylation is 2. The number of rotatable bonds is 6. The summed E-state index contributed by atoms with van der Waals surface area (Å²) in [6.07, 6.45) is 9.30. The zero-order chi connectivity index (χ0) is 18.8. The third-order valence-corrected chi connectivity index (χ3v) is 6.23. The van der Waals surface area contributed by atoms with Gasteiger partial charge < -0.3 is 14.4 Å². The van der Waals surface area contributed by atoms with Crippen LogP contribution in [0.25, 0.3) is 10.2 Å². The molecule has 4 heterocycles. The minimum absolute atomic E-state index is 0.456. The highest BCUT2D eigenvalue weighted by Gasteiger charge is 2.26. The number of aromatic nitrogens is 4. The molecule has 27 heavy (non-hydrogen) atoms. The van der Waals surface area contributed by atoms with Gasteiger partial charge in [0.15, 0.2) is 0 Å². The molecular weight excluding hydrogens is 356 g/mol. The number of nitrogens with zero attached hydrogens (tertiary/aromatic N) is 6. The van der Waals surface area contributed by atoms with Crippen LogP contribution in [0.2, 0.25) is 0 Å². The van der Waals surface area contributed by atoms with E-state index in [0.29, 0.717) is 5.92 Å². The van der Waals surface area contributed by atoms with Gasteiger partial charge in [-0.25, -0.2) is 15.0 Å². The number of hydrogen-bond acceptors (Lipinski definition) is 6. The van der Waals surface area contributed by atoms with Crippen LogP contribution in [0.5, 0.6) is 0 Å². The molecule has 6 nitrogen and oxygen atoms in total. The molecule has 0 unspecified atom stereocenters. The second-order valence-corrected chi connectivity index (χ2v) is 8.93. The lowest BCUT2D eigenvalue weighted by molar-refractivity contribution is 0.380. The van der Waals surface area contributed by atoms with E-state index in [1.165, 1.54) is 28.9 Å². The molecule has 1 saturated heterocycles. The Balaban J connectivity index is 1.53. The number of anilines is 1. The van der Waals surface area contributed by atoms with Crippen molar-refractivity contribution in [2.75, 3.05) is 38.6 Å². The van der Waals surface area contributed by atoms with E-state index in [1.807, 2.05) is 6.20 Å². The van der Waals surface area contributed by atoms with Crippen molar-refractivity contribution in [2.45, 2.75) is 38.6 Å². The first-order valence-corrected chi connectivity index (χ1v) is 10.6. The second-order valence-electron chi connectivity index (χ2n) is 7.69. The van der Waals surface area contributed by atoms with Gasteiger partial charge in [0.05, 0.1) is 5.39 Å². The monoisotopic (exact) mass is 384 g/mol. The Morgan fingerprint density at radius 3 is 3.00 bits per heavy atom. The maximum atomic E-state index is 4.72. The third kappa shape index (κ3) is 3.99. The Morgan fingerprint density at radius 2 is 2.15 bits per heavy atom. The molecule has 7 heteroatoms. The predicted octanol–water partition coefficient (Wildman–Crippen LogP) is 3.53. The number of imidazole rings is 1. The van der Waals surface area contributed by atoms with E-state index in [-0.39, 0.29) is 0 Å². The van der Waals surface area contributed by atoms with Gasteiger partial charge in [0.25, 0.3) is 0 Å². The zero-order valence-corrected chi connectivity index (χ0v) is 17.2. The SMILES string of the molecule is Cc1cc2c(N3CCC[C@@H](c4nccn4CCCN(C)C)C3)ncnc2s1. The quantitative estimate of drug-likeness (QED) is 0.651. The molecule has 4 rings (SSSR count). The van der Waals surface area contributed by atoms with Crippen LogP contribution >= 0.6 is 11.3 Å². The summed E-state index contributed by atoms with van der Waals surface area (Å²) >= 11 is 1.74. The summed E-state index contributed by atoms with van der Waals surface area (Å²) in [4.78, 5) is 20.9.